The van der Waals surface area contributed by atoms with Crippen molar-refractivity contribution in [2.24, 2.45) is 0 Å². The van der Waals surface area contributed by atoms with Crippen molar-refractivity contribution >= 4 is 16.8 Å². The number of aromatic amines is 1. The summed E-state index contributed by atoms with van der Waals surface area (Å²) in [5.41, 5.74) is 2.24. The molecule has 3 heterocycles. The van der Waals surface area contributed by atoms with Crippen LogP contribution in [0.5, 0.6) is 0 Å². The first-order valence-corrected chi connectivity index (χ1v) is 9.36. The van der Waals surface area contributed by atoms with Crippen molar-refractivity contribution < 1.29 is 4.79 Å². The highest BCUT2D eigenvalue weighted by Crippen LogP contribution is 2.30. The van der Waals surface area contributed by atoms with Gasteiger partial charge in [0.2, 0.25) is 5.91 Å². The van der Waals surface area contributed by atoms with Gasteiger partial charge in [0, 0.05) is 35.7 Å². The van der Waals surface area contributed by atoms with Crippen molar-refractivity contribution in [3.05, 3.63) is 36.0 Å². The van der Waals surface area contributed by atoms with E-state index in [2.05, 4.69) is 33.8 Å². The molecule has 4 nitrogen and oxygen atoms in total. The van der Waals surface area contributed by atoms with Gasteiger partial charge in [-0.25, -0.2) is 0 Å². The minimum Gasteiger partial charge on any atom is -0.361 e. The highest BCUT2D eigenvalue weighted by atomic mass is 16.2. The molecule has 0 saturated carbocycles. The molecule has 0 unspecified atom stereocenters. The van der Waals surface area contributed by atoms with E-state index in [-0.39, 0.29) is 0 Å². The van der Waals surface area contributed by atoms with Gasteiger partial charge in [-0.2, -0.15) is 0 Å². The van der Waals surface area contributed by atoms with E-state index < -0.39 is 0 Å². The molecule has 1 aromatic heterocycles. The molecule has 4 rings (SSSR count). The first-order valence-electron chi connectivity index (χ1n) is 9.36. The Labute approximate surface area is 143 Å². The van der Waals surface area contributed by atoms with E-state index in [1.807, 2.05) is 18.3 Å². The van der Waals surface area contributed by atoms with Crippen molar-refractivity contribution in [1.29, 1.82) is 0 Å². The number of amides is 1. The molecule has 0 bridgehead atoms. The monoisotopic (exact) mass is 325 g/mol. The third-order valence-corrected chi connectivity index (χ3v) is 5.90. The number of nitrogens with zero attached hydrogens (tertiary/aromatic N) is 2. The van der Waals surface area contributed by atoms with Crippen LogP contribution >= 0.6 is 0 Å². The fraction of sp³-hybridized carbons (Fsp3) is 0.550. The first kappa shape index (κ1) is 15.7. The highest BCUT2D eigenvalue weighted by Gasteiger charge is 2.38. The first-order chi connectivity index (χ1) is 11.8. The van der Waals surface area contributed by atoms with Crippen LogP contribution in [0.25, 0.3) is 10.9 Å². The standard InChI is InChI=1S/C20H27N3O/c1-2-22-11-5-9-18(22)19-10-6-12-23(19)20(24)13-15-14-21-17-8-4-3-7-16(15)17/h3-4,7-8,14,18-19,21H,2,5-6,9-13H2,1H3/t18-,19-/m0/s1. The Bertz CT molecular complexity index is 722. The number of fused-ring (bicyclic) bond motifs is 1. The topological polar surface area (TPSA) is 39.3 Å². The van der Waals surface area contributed by atoms with Gasteiger partial charge in [0.15, 0.2) is 0 Å². The lowest BCUT2D eigenvalue weighted by Gasteiger charge is -2.34. The van der Waals surface area contributed by atoms with Crippen LogP contribution in [0, 0.1) is 0 Å². The summed E-state index contributed by atoms with van der Waals surface area (Å²) in [4.78, 5) is 21.1. The molecular formula is C20H27N3O. The van der Waals surface area contributed by atoms with E-state index in [4.69, 9.17) is 0 Å². The highest BCUT2D eigenvalue weighted by molar-refractivity contribution is 5.89. The quantitative estimate of drug-likeness (QED) is 0.938. The number of nitrogens with one attached hydrogen (secondary N) is 1. The Morgan fingerprint density at radius 1 is 1.17 bits per heavy atom. The molecule has 4 heteroatoms. The average molecular weight is 325 g/mol. The number of likely N-dealkylation sites (tertiary alicyclic amines) is 2. The molecule has 2 atom stereocenters. The minimum atomic E-state index is 0.296. The zero-order valence-electron chi connectivity index (χ0n) is 14.5. The van der Waals surface area contributed by atoms with E-state index in [1.54, 1.807) is 0 Å². The van der Waals surface area contributed by atoms with E-state index in [0.717, 1.165) is 30.6 Å². The molecule has 24 heavy (non-hydrogen) atoms. The number of H-pyrrole nitrogens is 1. The van der Waals surface area contributed by atoms with Crippen LogP contribution < -0.4 is 0 Å². The van der Waals surface area contributed by atoms with Crippen LogP contribution in [0.3, 0.4) is 0 Å². The number of aromatic nitrogens is 1. The number of para-hydroxylation sites is 1. The summed E-state index contributed by atoms with van der Waals surface area (Å²) in [6.45, 7) is 5.47. The molecule has 0 spiro atoms. The van der Waals surface area contributed by atoms with E-state index in [1.165, 1.54) is 31.2 Å². The van der Waals surface area contributed by atoms with E-state index >= 15 is 0 Å². The third kappa shape index (κ3) is 2.73. The zero-order valence-corrected chi connectivity index (χ0v) is 14.5. The average Bonchev–Trinajstić information content (AvgIpc) is 3.33. The molecule has 1 amide bonds. The van der Waals surface area contributed by atoms with Gasteiger partial charge in [-0.1, -0.05) is 25.1 Å². The van der Waals surface area contributed by atoms with Crippen LogP contribution in [-0.2, 0) is 11.2 Å². The maximum absolute atomic E-state index is 13.0. The molecule has 2 aliphatic rings. The van der Waals surface area contributed by atoms with Crippen LogP contribution in [0.2, 0.25) is 0 Å². The number of rotatable bonds is 4. The molecule has 2 fully saturated rings. The Kier molecular flexibility index (Phi) is 4.31. The van der Waals surface area contributed by atoms with Crippen LogP contribution in [0.15, 0.2) is 30.5 Å². The Morgan fingerprint density at radius 2 is 1.96 bits per heavy atom. The lowest BCUT2D eigenvalue weighted by Crippen LogP contribution is -2.48. The molecular weight excluding hydrogens is 298 g/mol. The van der Waals surface area contributed by atoms with Crippen molar-refractivity contribution in [2.45, 2.75) is 51.1 Å². The number of likely N-dealkylation sites (N-methyl/N-ethyl adjacent to an activating group) is 1. The number of carbonyl (C=O) groups excluding carboxylic acids is 1. The predicted molar refractivity (Wildman–Crippen MR) is 97.0 cm³/mol. The number of hydrogen-bond donors (Lipinski definition) is 1. The van der Waals surface area contributed by atoms with E-state index in [9.17, 15) is 4.79 Å². The summed E-state index contributed by atoms with van der Waals surface area (Å²) in [5.74, 6) is 0.296. The molecule has 2 aliphatic heterocycles. The predicted octanol–water partition coefficient (Wildman–Crippen LogP) is 3.19. The largest absolute Gasteiger partial charge is 0.361 e. The Balaban J connectivity index is 1.51. The summed E-state index contributed by atoms with van der Waals surface area (Å²) in [6.07, 6.45) is 7.36. The maximum atomic E-state index is 13.0. The molecule has 1 N–H and O–H groups in total. The zero-order chi connectivity index (χ0) is 16.5. The van der Waals surface area contributed by atoms with Crippen LogP contribution in [0.4, 0.5) is 0 Å². The number of carbonyl (C=O) groups is 1. The minimum absolute atomic E-state index is 0.296. The summed E-state index contributed by atoms with van der Waals surface area (Å²) in [5, 5.41) is 1.18. The molecule has 2 saturated heterocycles. The third-order valence-electron chi connectivity index (χ3n) is 5.90. The van der Waals surface area contributed by atoms with Gasteiger partial charge in [-0.05, 0) is 50.4 Å². The SMILES string of the molecule is CCN1CCC[C@H]1[C@@H]1CCCN1C(=O)Cc1c[nH]c2ccccc12. The van der Waals surface area contributed by atoms with Crippen LogP contribution in [-0.4, -0.2) is 52.4 Å². The Hall–Kier alpha value is -1.81. The molecule has 0 radical (unpaired) electrons. The molecule has 128 valence electrons. The van der Waals surface area contributed by atoms with E-state index in [0.29, 0.717) is 24.4 Å². The smallest absolute Gasteiger partial charge is 0.227 e. The van der Waals surface area contributed by atoms with Gasteiger partial charge < -0.3 is 9.88 Å². The fourth-order valence-corrected chi connectivity index (χ4v) is 4.72. The second kappa shape index (κ2) is 6.60. The summed E-state index contributed by atoms with van der Waals surface area (Å²) < 4.78 is 0. The number of benzene rings is 1. The lowest BCUT2D eigenvalue weighted by atomic mass is 10.0. The summed E-state index contributed by atoms with van der Waals surface area (Å²) in [6, 6.07) is 9.24. The van der Waals surface area contributed by atoms with Gasteiger partial charge in [-0.15, -0.1) is 0 Å². The van der Waals surface area contributed by atoms with Crippen molar-refractivity contribution in [3.63, 3.8) is 0 Å². The molecule has 1 aromatic carbocycles. The van der Waals surface area contributed by atoms with Crippen LogP contribution in [0.1, 0.15) is 38.2 Å². The fourth-order valence-electron chi connectivity index (χ4n) is 4.72. The van der Waals surface area contributed by atoms with Gasteiger partial charge in [0.05, 0.1) is 6.42 Å². The second-order valence-corrected chi connectivity index (χ2v) is 7.17. The van der Waals surface area contributed by atoms with Crippen molar-refractivity contribution in [1.82, 2.24) is 14.8 Å². The van der Waals surface area contributed by atoms with Gasteiger partial charge >= 0.3 is 0 Å². The lowest BCUT2D eigenvalue weighted by molar-refractivity contribution is -0.132. The normalized spacial score (nSPS) is 25.0. The van der Waals surface area contributed by atoms with Crippen molar-refractivity contribution in [2.75, 3.05) is 19.6 Å². The second-order valence-electron chi connectivity index (χ2n) is 7.17. The van der Waals surface area contributed by atoms with Crippen molar-refractivity contribution in [3.8, 4) is 0 Å². The Morgan fingerprint density at radius 3 is 2.83 bits per heavy atom. The summed E-state index contributed by atoms with van der Waals surface area (Å²) in [7, 11) is 0. The molecule has 0 aliphatic carbocycles. The van der Waals surface area contributed by atoms with Gasteiger partial charge in [0.1, 0.15) is 0 Å². The van der Waals surface area contributed by atoms with Gasteiger partial charge in [-0.3, -0.25) is 9.69 Å². The number of hydrogen-bond acceptors (Lipinski definition) is 2. The molecule has 2 aromatic rings. The maximum Gasteiger partial charge on any atom is 0.227 e. The summed E-state index contributed by atoms with van der Waals surface area (Å²) >= 11 is 0. The van der Waals surface area contributed by atoms with Gasteiger partial charge in [0.25, 0.3) is 0 Å².